The highest BCUT2D eigenvalue weighted by Gasteiger charge is 2.24. The predicted octanol–water partition coefficient (Wildman–Crippen LogP) is 4.32. The van der Waals surface area contributed by atoms with Crippen molar-refractivity contribution in [3.8, 4) is 0 Å². The lowest BCUT2D eigenvalue weighted by atomic mass is 9.88. The van der Waals surface area contributed by atoms with Gasteiger partial charge in [-0.05, 0) is 63.7 Å². The van der Waals surface area contributed by atoms with E-state index in [9.17, 15) is 0 Å². The highest BCUT2D eigenvalue weighted by Crippen LogP contribution is 2.33. The summed E-state index contributed by atoms with van der Waals surface area (Å²) in [6.45, 7) is 1.69. The number of likely N-dealkylation sites (N-methyl/N-ethyl adjacent to an activating group) is 1. The zero-order valence-electron chi connectivity index (χ0n) is 11.4. The van der Waals surface area contributed by atoms with Crippen molar-refractivity contribution in [1.29, 1.82) is 0 Å². The van der Waals surface area contributed by atoms with Crippen LogP contribution in [-0.2, 0) is 0 Å². The second-order valence-electron chi connectivity index (χ2n) is 5.47. The normalized spacial score (nSPS) is 19.0. The summed E-state index contributed by atoms with van der Waals surface area (Å²) in [6.07, 6.45) is 6.87. The molecule has 1 unspecified atom stereocenters. The maximum atomic E-state index is 5.94. The van der Waals surface area contributed by atoms with Gasteiger partial charge in [0, 0.05) is 13.1 Å². The summed E-state index contributed by atoms with van der Waals surface area (Å²) in [7, 11) is 2.15. The third-order valence-corrected chi connectivity index (χ3v) is 5.73. The summed E-state index contributed by atoms with van der Waals surface area (Å²) in [6, 6.07) is 2.17. The van der Waals surface area contributed by atoms with E-state index in [0.717, 1.165) is 27.4 Å². The number of nitrogens with zero attached hydrogens (tertiary/aromatic N) is 1. The molecule has 1 aromatic heterocycles. The molecule has 1 aliphatic carbocycles. The van der Waals surface area contributed by atoms with Crippen molar-refractivity contribution in [3.05, 3.63) is 21.0 Å². The van der Waals surface area contributed by atoms with Crippen molar-refractivity contribution in [3.63, 3.8) is 0 Å². The second-order valence-corrected chi connectivity index (χ2v) is 7.04. The van der Waals surface area contributed by atoms with Gasteiger partial charge in [0.05, 0.1) is 10.5 Å². The van der Waals surface area contributed by atoms with Crippen LogP contribution in [0.15, 0.2) is 19.6 Å². The van der Waals surface area contributed by atoms with E-state index in [1.165, 1.54) is 32.1 Å². The van der Waals surface area contributed by atoms with E-state index in [0.29, 0.717) is 6.54 Å². The van der Waals surface area contributed by atoms with E-state index in [1.54, 1.807) is 0 Å². The molecule has 19 heavy (non-hydrogen) atoms. The van der Waals surface area contributed by atoms with Gasteiger partial charge in [0.15, 0.2) is 4.67 Å². The Morgan fingerprint density at radius 3 is 2.58 bits per heavy atom. The topological polar surface area (TPSA) is 42.4 Å². The summed E-state index contributed by atoms with van der Waals surface area (Å²) in [5, 5.41) is 0. The van der Waals surface area contributed by atoms with E-state index < -0.39 is 0 Å². The second kappa shape index (κ2) is 7.25. The van der Waals surface area contributed by atoms with Crippen LogP contribution in [0.25, 0.3) is 0 Å². The molecule has 1 aliphatic rings. The van der Waals surface area contributed by atoms with E-state index in [1.807, 2.05) is 6.07 Å². The first-order chi connectivity index (χ1) is 9.11. The molecular weight excluding hydrogens is 372 g/mol. The predicted molar refractivity (Wildman–Crippen MR) is 85.1 cm³/mol. The zero-order valence-corrected chi connectivity index (χ0v) is 14.5. The van der Waals surface area contributed by atoms with E-state index >= 15 is 0 Å². The molecule has 0 amide bonds. The van der Waals surface area contributed by atoms with Crippen LogP contribution < -0.4 is 5.73 Å². The minimum atomic E-state index is 0.157. The van der Waals surface area contributed by atoms with Gasteiger partial charge in [0.1, 0.15) is 5.76 Å². The minimum Gasteiger partial charge on any atom is -0.451 e. The van der Waals surface area contributed by atoms with Crippen LogP contribution in [0.2, 0.25) is 0 Å². The number of furan rings is 1. The maximum absolute atomic E-state index is 5.94. The van der Waals surface area contributed by atoms with Gasteiger partial charge in [0.2, 0.25) is 0 Å². The lowest BCUT2D eigenvalue weighted by Gasteiger charge is -2.31. The van der Waals surface area contributed by atoms with Gasteiger partial charge < -0.3 is 10.2 Å². The van der Waals surface area contributed by atoms with Crippen molar-refractivity contribution < 1.29 is 4.42 Å². The van der Waals surface area contributed by atoms with Crippen molar-refractivity contribution >= 4 is 31.9 Å². The molecule has 5 heteroatoms. The fourth-order valence-corrected chi connectivity index (χ4v) is 3.55. The lowest BCUT2D eigenvalue weighted by molar-refractivity contribution is 0.168. The van der Waals surface area contributed by atoms with Gasteiger partial charge in [-0.3, -0.25) is 4.90 Å². The molecule has 1 heterocycles. The Morgan fingerprint density at radius 2 is 2.05 bits per heavy atom. The maximum Gasteiger partial charge on any atom is 0.183 e. The number of hydrogen-bond acceptors (Lipinski definition) is 3. The van der Waals surface area contributed by atoms with Gasteiger partial charge in [0.25, 0.3) is 0 Å². The molecule has 1 fully saturated rings. The van der Waals surface area contributed by atoms with Crippen LogP contribution in [0.5, 0.6) is 0 Å². The van der Waals surface area contributed by atoms with Gasteiger partial charge in [-0.2, -0.15) is 0 Å². The van der Waals surface area contributed by atoms with Crippen LogP contribution in [0.4, 0.5) is 0 Å². The highest BCUT2D eigenvalue weighted by atomic mass is 79.9. The van der Waals surface area contributed by atoms with Crippen LogP contribution in [0.3, 0.4) is 0 Å². The molecule has 3 nitrogen and oxygen atoms in total. The van der Waals surface area contributed by atoms with Gasteiger partial charge in [-0.1, -0.05) is 19.3 Å². The largest absolute Gasteiger partial charge is 0.451 e. The van der Waals surface area contributed by atoms with Crippen LogP contribution >= 0.6 is 31.9 Å². The highest BCUT2D eigenvalue weighted by molar-refractivity contribution is 9.13. The Bertz CT molecular complexity index is 383. The van der Waals surface area contributed by atoms with Crippen molar-refractivity contribution in [1.82, 2.24) is 4.90 Å². The first kappa shape index (κ1) is 15.5. The Morgan fingerprint density at radius 1 is 1.37 bits per heavy atom. The Labute approximate surface area is 132 Å². The molecule has 1 aromatic rings. The lowest BCUT2D eigenvalue weighted by Crippen LogP contribution is -2.34. The van der Waals surface area contributed by atoms with Crippen LogP contribution in [-0.4, -0.2) is 25.0 Å². The summed E-state index contributed by atoms with van der Waals surface area (Å²) in [4.78, 5) is 2.34. The Kier molecular flexibility index (Phi) is 5.93. The monoisotopic (exact) mass is 392 g/mol. The first-order valence-electron chi connectivity index (χ1n) is 6.97. The number of halogens is 2. The molecular formula is C14H22Br2N2O. The van der Waals surface area contributed by atoms with Crippen molar-refractivity contribution in [2.24, 2.45) is 11.7 Å². The molecule has 0 saturated heterocycles. The standard InChI is InChI=1S/C14H22Br2N2O/c1-18(9-10-5-3-2-4-6-10)12(8-17)13-7-11(15)14(16)19-13/h7,10,12H,2-6,8-9,17H2,1H3. The number of nitrogens with two attached hydrogens (primary N) is 1. The smallest absolute Gasteiger partial charge is 0.183 e. The summed E-state index contributed by atoms with van der Waals surface area (Å²) in [5.41, 5.74) is 5.94. The fourth-order valence-electron chi connectivity index (χ4n) is 2.95. The SMILES string of the molecule is CN(CC1CCCCC1)C(CN)c1cc(Br)c(Br)o1. The molecule has 0 aromatic carbocycles. The molecule has 0 spiro atoms. The molecule has 108 valence electrons. The summed E-state index contributed by atoms with van der Waals surface area (Å²) >= 11 is 6.85. The summed E-state index contributed by atoms with van der Waals surface area (Å²) in [5.74, 6) is 1.74. The van der Waals surface area contributed by atoms with Crippen LogP contribution in [0, 0.1) is 5.92 Å². The van der Waals surface area contributed by atoms with E-state index in [4.69, 9.17) is 10.2 Å². The van der Waals surface area contributed by atoms with Gasteiger partial charge >= 0.3 is 0 Å². The molecule has 0 radical (unpaired) electrons. The third-order valence-electron chi connectivity index (χ3n) is 4.02. The van der Waals surface area contributed by atoms with Crippen molar-refractivity contribution in [2.75, 3.05) is 20.1 Å². The average Bonchev–Trinajstić information content (AvgIpc) is 2.71. The molecule has 1 saturated carbocycles. The molecule has 2 rings (SSSR count). The van der Waals surface area contributed by atoms with E-state index in [2.05, 4.69) is 43.8 Å². The van der Waals surface area contributed by atoms with Crippen molar-refractivity contribution in [2.45, 2.75) is 38.1 Å². The van der Waals surface area contributed by atoms with Gasteiger partial charge in [-0.15, -0.1) is 0 Å². The third kappa shape index (κ3) is 4.06. The minimum absolute atomic E-state index is 0.157. The van der Waals surface area contributed by atoms with Gasteiger partial charge in [-0.25, -0.2) is 0 Å². The quantitative estimate of drug-likeness (QED) is 0.809. The first-order valence-corrected chi connectivity index (χ1v) is 8.55. The van der Waals surface area contributed by atoms with Crippen LogP contribution in [0.1, 0.15) is 43.9 Å². The van der Waals surface area contributed by atoms with E-state index in [-0.39, 0.29) is 6.04 Å². The average molecular weight is 394 g/mol. The fraction of sp³-hybridized carbons (Fsp3) is 0.714. The molecule has 0 bridgehead atoms. The molecule has 0 aliphatic heterocycles. The molecule has 2 N–H and O–H groups in total. The number of hydrogen-bond donors (Lipinski definition) is 1. The number of rotatable bonds is 5. The Hall–Kier alpha value is 0.160. The Balaban J connectivity index is 1.99. The summed E-state index contributed by atoms with van der Waals surface area (Å²) < 4.78 is 7.42. The molecule has 1 atom stereocenters. The zero-order chi connectivity index (χ0) is 13.8.